The number of fused-ring (bicyclic) bond motifs is 1. The minimum absolute atomic E-state index is 0.116. The van der Waals surface area contributed by atoms with Crippen LogP contribution in [0.25, 0.3) is 10.8 Å². The molecule has 1 heterocycles. The zero-order valence-electron chi connectivity index (χ0n) is 16.5. The van der Waals surface area contributed by atoms with E-state index in [0.717, 1.165) is 11.6 Å². The lowest BCUT2D eigenvalue weighted by atomic mass is 10.0. The van der Waals surface area contributed by atoms with Gasteiger partial charge in [0.1, 0.15) is 17.5 Å². The van der Waals surface area contributed by atoms with Crippen molar-refractivity contribution in [2.45, 2.75) is 19.8 Å². The Hall–Kier alpha value is -3.72. The summed E-state index contributed by atoms with van der Waals surface area (Å²) in [6.45, 7) is 1.88. The first kappa shape index (κ1) is 20.5. The molecule has 4 rings (SSSR count). The maximum Gasteiger partial charge on any atom is 0.166 e. The molecular formula is C25H16F4N2. The molecule has 154 valence electrons. The number of aryl methyl sites for hydroxylation is 3. The van der Waals surface area contributed by atoms with Crippen LogP contribution in [0.4, 0.5) is 17.6 Å². The lowest BCUT2D eigenvalue weighted by molar-refractivity contribution is 0.517. The minimum atomic E-state index is -0.944. The van der Waals surface area contributed by atoms with Crippen LogP contribution in [0.2, 0.25) is 0 Å². The molecule has 0 atom stereocenters. The van der Waals surface area contributed by atoms with Crippen LogP contribution in [0.15, 0.2) is 54.9 Å². The van der Waals surface area contributed by atoms with Crippen LogP contribution in [0.3, 0.4) is 0 Å². The topological polar surface area (TPSA) is 25.8 Å². The van der Waals surface area contributed by atoms with Crippen molar-refractivity contribution in [2.75, 3.05) is 0 Å². The molecule has 0 N–H and O–H groups in total. The van der Waals surface area contributed by atoms with E-state index in [4.69, 9.17) is 0 Å². The van der Waals surface area contributed by atoms with Crippen molar-refractivity contribution in [1.29, 1.82) is 0 Å². The predicted molar refractivity (Wildman–Crippen MR) is 110 cm³/mol. The molecular weight excluding hydrogens is 404 g/mol. The van der Waals surface area contributed by atoms with Crippen molar-refractivity contribution in [3.8, 4) is 11.8 Å². The third-order valence-electron chi connectivity index (χ3n) is 4.81. The van der Waals surface area contributed by atoms with Gasteiger partial charge >= 0.3 is 0 Å². The summed E-state index contributed by atoms with van der Waals surface area (Å²) >= 11 is 0. The molecule has 6 heteroatoms. The van der Waals surface area contributed by atoms with Crippen molar-refractivity contribution in [2.24, 2.45) is 0 Å². The van der Waals surface area contributed by atoms with E-state index in [1.807, 2.05) is 6.92 Å². The van der Waals surface area contributed by atoms with Gasteiger partial charge in [0, 0.05) is 29.8 Å². The number of aromatic nitrogens is 2. The molecule has 0 saturated heterocycles. The monoisotopic (exact) mass is 420 g/mol. The second-order valence-electron chi connectivity index (χ2n) is 7.16. The predicted octanol–water partition coefficient (Wildman–Crippen LogP) is 5.68. The minimum Gasteiger partial charge on any atom is -0.241 e. The van der Waals surface area contributed by atoms with Crippen LogP contribution in [-0.2, 0) is 12.8 Å². The first-order chi connectivity index (χ1) is 14.9. The molecule has 3 aromatic carbocycles. The zero-order chi connectivity index (χ0) is 22.0. The maximum atomic E-state index is 14.5. The van der Waals surface area contributed by atoms with Gasteiger partial charge in [-0.1, -0.05) is 24.0 Å². The van der Waals surface area contributed by atoms with Gasteiger partial charge in [-0.15, -0.1) is 0 Å². The van der Waals surface area contributed by atoms with E-state index in [1.54, 1.807) is 12.4 Å². The smallest absolute Gasteiger partial charge is 0.166 e. The number of halogens is 4. The van der Waals surface area contributed by atoms with E-state index in [0.29, 0.717) is 35.2 Å². The molecule has 0 unspecified atom stereocenters. The average molecular weight is 420 g/mol. The fourth-order valence-corrected chi connectivity index (χ4v) is 3.17. The number of benzene rings is 3. The van der Waals surface area contributed by atoms with E-state index in [9.17, 15) is 17.6 Å². The first-order valence-corrected chi connectivity index (χ1v) is 9.56. The number of hydrogen-bond donors (Lipinski definition) is 0. The Balaban J connectivity index is 1.55. The number of nitrogens with zero attached hydrogens (tertiary/aromatic N) is 2. The summed E-state index contributed by atoms with van der Waals surface area (Å²) in [4.78, 5) is 8.37. The fourth-order valence-electron chi connectivity index (χ4n) is 3.17. The summed E-state index contributed by atoms with van der Waals surface area (Å²) < 4.78 is 56.1. The molecule has 0 aliphatic carbocycles. The molecule has 0 fully saturated rings. The summed E-state index contributed by atoms with van der Waals surface area (Å²) in [5.74, 6) is 2.38. The zero-order valence-corrected chi connectivity index (χ0v) is 16.5. The van der Waals surface area contributed by atoms with E-state index in [-0.39, 0.29) is 10.9 Å². The molecule has 0 spiro atoms. The SMILES string of the molecule is Cc1cnc(CCc2cc(F)c(C#Cc3ccc4c(F)c(F)ccc4c3)c(F)c2)nc1. The lowest BCUT2D eigenvalue weighted by Crippen LogP contribution is -2.00. The molecule has 4 aromatic rings. The summed E-state index contributed by atoms with van der Waals surface area (Å²) in [7, 11) is 0. The Morgan fingerprint density at radius 3 is 2.19 bits per heavy atom. The molecule has 1 aromatic heterocycles. The molecule has 2 nitrogen and oxygen atoms in total. The fraction of sp³-hybridized carbons (Fsp3) is 0.120. The van der Waals surface area contributed by atoms with Gasteiger partial charge in [-0.2, -0.15) is 0 Å². The molecule has 0 aliphatic heterocycles. The highest BCUT2D eigenvalue weighted by molar-refractivity contribution is 5.84. The van der Waals surface area contributed by atoms with Gasteiger partial charge in [-0.3, -0.25) is 0 Å². The van der Waals surface area contributed by atoms with Gasteiger partial charge in [0.25, 0.3) is 0 Å². The second kappa shape index (κ2) is 8.57. The molecule has 31 heavy (non-hydrogen) atoms. The molecule has 0 bridgehead atoms. The van der Waals surface area contributed by atoms with Crippen LogP contribution < -0.4 is 0 Å². The van der Waals surface area contributed by atoms with Crippen molar-refractivity contribution < 1.29 is 17.6 Å². The largest absolute Gasteiger partial charge is 0.241 e. The van der Waals surface area contributed by atoms with E-state index >= 15 is 0 Å². The van der Waals surface area contributed by atoms with Crippen LogP contribution in [-0.4, -0.2) is 9.97 Å². The van der Waals surface area contributed by atoms with Crippen molar-refractivity contribution in [3.63, 3.8) is 0 Å². The van der Waals surface area contributed by atoms with Gasteiger partial charge in [0.05, 0.1) is 5.56 Å². The van der Waals surface area contributed by atoms with Gasteiger partial charge in [-0.25, -0.2) is 27.5 Å². The standard InChI is InChI=1S/C25H16F4N2/c1-15-13-30-24(31-14-15)9-4-17-11-22(27)20(23(28)12-17)7-3-16-2-6-19-18(10-16)5-8-21(26)25(19)29/h2,5-6,8,10-14H,4,9H2,1H3. The molecule has 0 saturated carbocycles. The van der Waals surface area contributed by atoms with Crippen LogP contribution in [0.5, 0.6) is 0 Å². The van der Waals surface area contributed by atoms with E-state index in [2.05, 4.69) is 21.8 Å². The van der Waals surface area contributed by atoms with E-state index in [1.165, 1.54) is 36.4 Å². The molecule has 0 aliphatic rings. The average Bonchev–Trinajstić information content (AvgIpc) is 2.75. The third kappa shape index (κ3) is 4.56. The first-order valence-electron chi connectivity index (χ1n) is 9.56. The van der Waals surface area contributed by atoms with Crippen molar-refractivity contribution in [1.82, 2.24) is 9.97 Å². The van der Waals surface area contributed by atoms with Gasteiger partial charge in [-0.05, 0) is 60.2 Å². The highest BCUT2D eigenvalue weighted by Crippen LogP contribution is 2.22. The second-order valence-corrected chi connectivity index (χ2v) is 7.16. The number of hydrogen-bond acceptors (Lipinski definition) is 2. The Morgan fingerprint density at radius 2 is 1.48 bits per heavy atom. The quantitative estimate of drug-likeness (QED) is 0.315. The lowest BCUT2D eigenvalue weighted by Gasteiger charge is -2.05. The maximum absolute atomic E-state index is 14.5. The summed E-state index contributed by atoms with van der Waals surface area (Å²) in [6, 6.07) is 9.35. The summed E-state index contributed by atoms with van der Waals surface area (Å²) in [5, 5.41) is 0.560. The Kier molecular flexibility index (Phi) is 5.68. The van der Waals surface area contributed by atoms with Crippen LogP contribution in [0.1, 0.15) is 28.1 Å². The normalized spacial score (nSPS) is 10.7. The van der Waals surface area contributed by atoms with Gasteiger partial charge < -0.3 is 0 Å². The van der Waals surface area contributed by atoms with Crippen molar-refractivity contribution >= 4 is 10.8 Å². The highest BCUT2D eigenvalue weighted by atomic mass is 19.2. The molecule has 0 amide bonds. The highest BCUT2D eigenvalue weighted by Gasteiger charge is 2.11. The number of rotatable bonds is 3. The summed E-state index contributed by atoms with van der Waals surface area (Å²) in [6.07, 6.45) is 4.23. The van der Waals surface area contributed by atoms with Crippen LogP contribution >= 0.6 is 0 Å². The van der Waals surface area contributed by atoms with E-state index < -0.39 is 23.3 Å². The van der Waals surface area contributed by atoms with Crippen molar-refractivity contribution in [3.05, 3.63) is 106 Å². The Labute approximate surface area is 176 Å². The third-order valence-corrected chi connectivity index (χ3v) is 4.81. The molecule has 0 radical (unpaired) electrons. The van der Waals surface area contributed by atoms with Gasteiger partial charge in [0.15, 0.2) is 11.6 Å². The van der Waals surface area contributed by atoms with Crippen LogP contribution in [0, 0.1) is 42.0 Å². The Bertz CT molecular complexity index is 1310. The Morgan fingerprint density at radius 1 is 0.774 bits per heavy atom. The summed E-state index contributed by atoms with van der Waals surface area (Å²) in [5.41, 5.74) is 1.50. The van der Waals surface area contributed by atoms with Gasteiger partial charge in [0.2, 0.25) is 0 Å².